The summed E-state index contributed by atoms with van der Waals surface area (Å²) < 4.78 is 1.91. The molecule has 0 aliphatic carbocycles. The maximum atomic E-state index is 5.73. The molecule has 2 rings (SSSR count). The van der Waals surface area contributed by atoms with Crippen molar-refractivity contribution in [2.75, 3.05) is 13.6 Å². The molecule has 0 aliphatic rings. The van der Waals surface area contributed by atoms with Gasteiger partial charge >= 0.3 is 0 Å². The lowest BCUT2D eigenvalue weighted by Crippen LogP contribution is -2.35. The molecule has 0 saturated heterocycles. The van der Waals surface area contributed by atoms with E-state index in [1.165, 1.54) is 5.56 Å². The SMILES string of the molecule is Cc1nn(-c2ccccn2)c(C)c1CN(C)C(C)CN. The van der Waals surface area contributed by atoms with E-state index in [1.807, 2.05) is 29.8 Å². The first-order valence-corrected chi connectivity index (χ1v) is 6.91. The van der Waals surface area contributed by atoms with Gasteiger partial charge in [0, 0.05) is 36.6 Å². The molecule has 2 aromatic heterocycles. The number of hydrogen-bond donors (Lipinski definition) is 1. The van der Waals surface area contributed by atoms with E-state index in [2.05, 4.69) is 35.9 Å². The fourth-order valence-corrected chi connectivity index (χ4v) is 2.19. The first-order chi connectivity index (χ1) is 9.54. The Labute approximate surface area is 120 Å². The van der Waals surface area contributed by atoms with Crippen molar-refractivity contribution in [3.05, 3.63) is 41.3 Å². The van der Waals surface area contributed by atoms with Crippen molar-refractivity contribution in [1.82, 2.24) is 19.7 Å². The Morgan fingerprint density at radius 1 is 1.35 bits per heavy atom. The molecule has 1 unspecified atom stereocenters. The van der Waals surface area contributed by atoms with Gasteiger partial charge in [0.15, 0.2) is 5.82 Å². The molecule has 0 amide bonds. The van der Waals surface area contributed by atoms with Gasteiger partial charge in [0.1, 0.15) is 0 Å². The predicted octanol–water partition coefficient (Wildman–Crippen LogP) is 1.66. The number of rotatable bonds is 5. The van der Waals surface area contributed by atoms with Crippen LogP contribution in [0.5, 0.6) is 0 Å². The van der Waals surface area contributed by atoms with Gasteiger partial charge in [-0.1, -0.05) is 6.07 Å². The number of aryl methyl sites for hydroxylation is 1. The maximum Gasteiger partial charge on any atom is 0.153 e. The zero-order valence-corrected chi connectivity index (χ0v) is 12.7. The lowest BCUT2D eigenvalue weighted by Gasteiger charge is -2.23. The average Bonchev–Trinajstić information content (AvgIpc) is 2.75. The first-order valence-electron chi connectivity index (χ1n) is 6.91. The molecule has 1 atom stereocenters. The van der Waals surface area contributed by atoms with E-state index >= 15 is 0 Å². The monoisotopic (exact) mass is 273 g/mol. The van der Waals surface area contributed by atoms with Crippen LogP contribution in [0.25, 0.3) is 5.82 Å². The van der Waals surface area contributed by atoms with Gasteiger partial charge in [-0.2, -0.15) is 5.10 Å². The second-order valence-electron chi connectivity index (χ2n) is 5.25. The molecule has 0 saturated carbocycles. The molecule has 0 fully saturated rings. The minimum Gasteiger partial charge on any atom is -0.329 e. The first kappa shape index (κ1) is 14.7. The number of nitrogens with two attached hydrogens (primary N) is 1. The summed E-state index contributed by atoms with van der Waals surface area (Å²) in [6.45, 7) is 7.77. The summed E-state index contributed by atoms with van der Waals surface area (Å²) in [5, 5.41) is 4.61. The highest BCUT2D eigenvalue weighted by molar-refractivity contribution is 5.32. The molecule has 108 valence electrons. The summed E-state index contributed by atoms with van der Waals surface area (Å²) in [6.07, 6.45) is 1.79. The third-order valence-electron chi connectivity index (χ3n) is 3.81. The van der Waals surface area contributed by atoms with Gasteiger partial charge in [-0.3, -0.25) is 4.90 Å². The predicted molar refractivity (Wildman–Crippen MR) is 80.8 cm³/mol. The quantitative estimate of drug-likeness (QED) is 0.900. The smallest absolute Gasteiger partial charge is 0.153 e. The molecule has 0 bridgehead atoms. The van der Waals surface area contributed by atoms with Crippen LogP contribution in [-0.2, 0) is 6.54 Å². The number of pyridine rings is 1. The normalized spacial score (nSPS) is 12.9. The highest BCUT2D eigenvalue weighted by atomic mass is 15.3. The summed E-state index contributed by atoms with van der Waals surface area (Å²) in [5.41, 5.74) is 9.16. The van der Waals surface area contributed by atoms with Crippen molar-refractivity contribution >= 4 is 0 Å². The highest BCUT2D eigenvalue weighted by Crippen LogP contribution is 2.18. The van der Waals surface area contributed by atoms with E-state index in [0.717, 1.165) is 23.8 Å². The van der Waals surface area contributed by atoms with Crippen LogP contribution in [0.1, 0.15) is 23.9 Å². The van der Waals surface area contributed by atoms with Gasteiger partial charge in [0.2, 0.25) is 0 Å². The second-order valence-corrected chi connectivity index (χ2v) is 5.25. The highest BCUT2D eigenvalue weighted by Gasteiger charge is 2.16. The summed E-state index contributed by atoms with van der Waals surface area (Å²) in [4.78, 5) is 6.61. The standard InChI is InChI=1S/C15H23N5/c1-11(9-16)19(4)10-14-12(2)18-20(13(14)3)15-7-5-6-8-17-15/h5-8,11H,9-10,16H2,1-4H3. The summed E-state index contributed by atoms with van der Waals surface area (Å²) in [7, 11) is 2.09. The van der Waals surface area contributed by atoms with Crippen LogP contribution >= 0.6 is 0 Å². The van der Waals surface area contributed by atoms with Crippen LogP contribution in [0.2, 0.25) is 0 Å². The number of nitrogens with zero attached hydrogens (tertiary/aromatic N) is 4. The number of aromatic nitrogens is 3. The van der Waals surface area contributed by atoms with Gasteiger partial charge in [-0.25, -0.2) is 9.67 Å². The van der Waals surface area contributed by atoms with Gasteiger partial charge in [-0.05, 0) is 40.0 Å². The minimum absolute atomic E-state index is 0.354. The molecule has 0 aliphatic heterocycles. The van der Waals surface area contributed by atoms with E-state index < -0.39 is 0 Å². The Hall–Kier alpha value is -1.72. The summed E-state index contributed by atoms with van der Waals surface area (Å²) >= 11 is 0. The molecule has 0 spiro atoms. The summed E-state index contributed by atoms with van der Waals surface area (Å²) in [5.74, 6) is 0.855. The van der Waals surface area contributed by atoms with Crippen LogP contribution in [0.15, 0.2) is 24.4 Å². The Morgan fingerprint density at radius 2 is 2.10 bits per heavy atom. The molecule has 5 nitrogen and oxygen atoms in total. The number of likely N-dealkylation sites (N-methyl/N-ethyl adjacent to an activating group) is 1. The molecular formula is C15H23N5. The van der Waals surface area contributed by atoms with Crippen molar-refractivity contribution < 1.29 is 0 Å². The third-order valence-corrected chi connectivity index (χ3v) is 3.81. The van der Waals surface area contributed by atoms with Crippen molar-refractivity contribution in [1.29, 1.82) is 0 Å². The molecule has 0 aromatic carbocycles. The zero-order valence-electron chi connectivity index (χ0n) is 12.7. The van der Waals surface area contributed by atoms with Crippen molar-refractivity contribution in [3.8, 4) is 5.82 Å². The van der Waals surface area contributed by atoms with Crippen LogP contribution in [0, 0.1) is 13.8 Å². The van der Waals surface area contributed by atoms with E-state index in [1.54, 1.807) is 6.20 Å². The average molecular weight is 273 g/mol. The number of hydrogen-bond acceptors (Lipinski definition) is 4. The van der Waals surface area contributed by atoms with Crippen LogP contribution in [0.4, 0.5) is 0 Å². The second kappa shape index (κ2) is 6.15. The van der Waals surface area contributed by atoms with Crippen molar-refractivity contribution in [2.45, 2.75) is 33.4 Å². The topological polar surface area (TPSA) is 60.0 Å². The molecular weight excluding hydrogens is 250 g/mol. The van der Waals surface area contributed by atoms with E-state index in [9.17, 15) is 0 Å². The third kappa shape index (κ3) is 2.89. The van der Waals surface area contributed by atoms with Crippen molar-refractivity contribution in [3.63, 3.8) is 0 Å². The Morgan fingerprint density at radius 3 is 2.70 bits per heavy atom. The van der Waals surface area contributed by atoms with Crippen LogP contribution in [-0.4, -0.2) is 39.3 Å². The van der Waals surface area contributed by atoms with E-state index in [0.29, 0.717) is 12.6 Å². The Bertz CT molecular complexity index is 561. The molecule has 2 heterocycles. The van der Waals surface area contributed by atoms with Gasteiger partial charge in [0.25, 0.3) is 0 Å². The van der Waals surface area contributed by atoms with Gasteiger partial charge in [-0.15, -0.1) is 0 Å². The zero-order chi connectivity index (χ0) is 14.7. The lowest BCUT2D eigenvalue weighted by molar-refractivity contribution is 0.254. The Balaban J connectivity index is 2.30. The lowest BCUT2D eigenvalue weighted by atomic mass is 10.1. The van der Waals surface area contributed by atoms with Crippen LogP contribution < -0.4 is 5.73 Å². The molecule has 2 aromatic rings. The van der Waals surface area contributed by atoms with E-state index in [4.69, 9.17) is 5.73 Å². The van der Waals surface area contributed by atoms with Gasteiger partial charge in [0.05, 0.1) is 5.69 Å². The van der Waals surface area contributed by atoms with E-state index in [-0.39, 0.29) is 0 Å². The maximum absolute atomic E-state index is 5.73. The fourth-order valence-electron chi connectivity index (χ4n) is 2.19. The molecule has 20 heavy (non-hydrogen) atoms. The molecule has 2 N–H and O–H groups in total. The minimum atomic E-state index is 0.354. The molecule has 5 heteroatoms. The largest absolute Gasteiger partial charge is 0.329 e. The molecule has 0 radical (unpaired) electrons. The summed E-state index contributed by atoms with van der Waals surface area (Å²) in [6, 6.07) is 6.20. The van der Waals surface area contributed by atoms with Gasteiger partial charge < -0.3 is 5.73 Å². The van der Waals surface area contributed by atoms with Crippen molar-refractivity contribution in [2.24, 2.45) is 5.73 Å². The Kier molecular flexibility index (Phi) is 4.52. The van der Waals surface area contributed by atoms with Crippen LogP contribution in [0.3, 0.4) is 0 Å². The fraction of sp³-hybridized carbons (Fsp3) is 0.467.